The van der Waals surface area contributed by atoms with Gasteiger partial charge in [0.15, 0.2) is 0 Å². The SMILES string of the molecule is Cc1ccccc1C(NC(=O)C1CCCO1)c1nccn1C. The van der Waals surface area contributed by atoms with Gasteiger partial charge in [-0.3, -0.25) is 4.79 Å². The molecule has 1 aliphatic heterocycles. The van der Waals surface area contributed by atoms with E-state index in [0.717, 1.165) is 29.8 Å². The van der Waals surface area contributed by atoms with Gasteiger partial charge in [0.25, 0.3) is 0 Å². The highest BCUT2D eigenvalue weighted by molar-refractivity contribution is 5.81. The molecule has 1 amide bonds. The third-order valence-corrected chi connectivity index (χ3v) is 4.12. The van der Waals surface area contributed by atoms with Gasteiger partial charge in [-0.25, -0.2) is 4.98 Å². The third-order valence-electron chi connectivity index (χ3n) is 4.12. The zero-order valence-electron chi connectivity index (χ0n) is 13.0. The van der Waals surface area contributed by atoms with Crippen LogP contribution in [0.25, 0.3) is 0 Å². The van der Waals surface area contributed by atoms with Crippen molar-refractivity contribution in [1.29, 1.82) is 0 Å². The summed E-state index contributed by atoms with van der Waals surface area (Å²) in [6.45, 7) is 2.71. The zero-order valence-corrected chi connectivity index (χ0v) is 13.0. The Balaban J connectivity index is 1.91. The fourth-order valence-electron chi connectivity index (χ4n) is 2.87. The number of imidazole rings is 1. The zero-order chi connectivity index (χ0) is 15.5. The molecule has 0 spiro atoms. The Kier molecular flexibility index (Phi) is 4.24. The molecular weight excluding hydrogens is 278 g/mol. The number of nitrogens with zero attached hydrogens (tertiary/aromatic N) is 2. The van der Waals surface area contributed by atoms with Crippen molar-refractivity contribution in [3.8, 4) is 0 Å². The maximum Gasteiger partial charge on any atom is 0.249 e. The van der Waals surface area contributed by atoms with Crippen molar-refractivity contribution in [2.24, 2.45) is 7.05 Å². The van der Waals surface area contributed by atoms with Gasteiger partial charge in [-0.05, 0) is 30.9 Å². The lowest BCUT2D eigenvalue weighted by molar-refractivity contribution is -0.130. The fraction of sp³-hybridized carbons (Fsp3) is 0.412. The molecule has 1 aliphatic rings. The molecule has 1 N–H and O–H groups in total. The van der Waals surface area contributed by atoms with Gasteiger partial charge in [0, 0.05) is 26.0 Å². The van der Waals surface area contributed by atoms with Crippen LogP contribution in [0.1, 0.15) is 35.8 Å². The number of rotatable bonds is 4. The van der Waals surface area contributed by atoms with Crippen LogP contribution < -0.4 is 5.32 Å². The van der Waals surface area contributed by atoms with Crippen LogP contribution in [0.2, 0.25) is 0 Å². The van der Waals surface area contributed by atoms with Crippen LogP contribution in [0.3, 0.4) is 0 Å². The van der Waals surface area contributed by atoms with Crippen molar-refractivity contribution < 1.29 is 9.53 Å². The van der Waals surface area contributed by atoms with E-state index in [1.807, 2.05) is 49.0 Å². The Hall–Kier alpha value is -2.14. The van der Waals surface area contributed by atoms with E-state index in [0.29, 0.717) is 6.61 Å². The normalized spacial score (nSPS) is 19.1. The molecule has 5 heteroatoms. The van der Waals surface area contributed by atoms with E-state index in [-0.39, 0.29) is 18.1 Å². The highest BCUT2D eigenvalue weighted by Gasteiger charge is 2.28. The van der Waals surface area contributed by atoms with Crippen LogP contribution in [-0.2, 0) is 16.6 Å². The lowest BCUT2D eigenvalue weighted by Crippen LogP contribution is -2.38. The van der Waals surface area contributed by atoms with Gasteiger partial charge in [0.05, 0.1) is 0 Å². The summed E-state index contributed by atoms with van der Waals surface area (Å²) in [6.07, 6.45) is 5.02. The molecule has 1 aromatic heterocycles. The van der Waals surface area contributed by atoms with Gasteiger partial charge in [-0.15, -0.1) is 0 Å². The average molecular weight is 299 g/mol. The molecular formula is C17H21N3O2. The van der Waals surface area contributed by atoms with Crippen LogP contribution in [-0.4, -0.2) is 28.2 Å². The van der Waals surface area contributed by atoms with E-state index >= 15 is 0 Å². The van der Waals surface area contributed by atoms with E-state index in [2.05, 4.69) is 10.3 Å². The molecule has 1 saturated heterocycles. The van der Waals surface area contributed by atoms with Gasteiger partial charge in [0.2, 0.25) is 5.91 Å². The molecule has 1 aromatic carbocycles. The summed E-state index contributed by atoms with van der Waals surface area (Å²) in [5.74, 6) is 0.759. The third kappa shape index (κ3) is 2.90. The van der Waals surface area contributed by atoms with E-state index in [9.17, 15) is 4.79 Å². The van der Waals surface area contributed by atoms with Crippen molar-refractivity contribution in [3.05, 3.63) is 53.6 Å². The molecule has 0 radical (unpaired) electrons. The monoisotopic (exact) mass is 299 g/mol. The molecule has 0 bridgehead atoms. The van der Waals surface area contributed by atoms with Crippen molar-refractivity contribution in [3.63, 3.8) is 0 Å². The Morgan fingerprint density at radius 2 is 2.27 bits per heavy atom. The van der Waals surface area contributed by atoms with Gasteiger partial charge >= 0.3 is 0 Å². The lowest BCUT2D eigenvalue weighted by Gasteiger charge is -2.22. The molecule has 3 rings (SSSR count). The summed E-state index contributed by atoms with van der Waals surface area (Å²) in [6, 6.07) is 7.79. The molecule has 0 saturated carbocycles. The second-order valence-electron chi connectivity index (χ2n) is 5.70. The van der Waals surface area contributed by atoms with Crippen LogP contribution >= 0.6 is 0 Å². The van der Waals surface area contributed by atoms with Crippen molar-refractivity contribution in [2.45, 2.75) is 31.9 Å². The summed E-state index contributed by atoms with van der Waals surface area (Å²) in [5.41, 5.74) is 2.19. The summed E-state index contributed by atoms with van der Waals surface area (Å²) >= 11 is 0. The molecule has 2 unspecified atom stereocenters. The minimum absolute atomic E-state index is 0.0613. The fourth-order valence-corrected chi connectivity index (χ4v) is 2.87. The summed E-state index contributed by atoms with van der Waals surface area (Å²) < 4.78 is 7.43. The molecule has 5 nitrogen and oxygen atoms in total. The number of aromatic nitrogens is 2. The van der Waals surface area contributed by atoms with Crippen LogP contribution in [0, 0.1) is 6.92 Å². The largest absolute Gasteiger partial charge is 0.368 e. The maximum atomic E-state index is 12.5. The van der Waals surface area contributed by atoms with Crippen LogP contribution in [0.15, 0.2) is 36.7 Å². The smallest absolute Gasteiger partial charge is 0.249 e. The number of benzene rings is 1. The molecule has 1 fully saturated rings. The first-order valence-electron chi connectivity index (χ1n) is 7.61. The Morgan fingerprint density at radius 1 is 1.45 bits per heavy atom. The predicted octanol–water partition coefficient (Wildman–Crippen LogP) is 2.11. The van der Waals surface area contributed by atoms with Gasteiger partial charge in [0.1, 0.15) is 18.0 Å². The number of amides is 1. The number of nitrogens with one attached hydrogen (secondary N) is 1. The lowest BCUT2D eigenvalue weighted by atomic mass is 10.00. The maximum absolute atomic E-state index is 12.5. The minimum atomic E-state index is -0.341. The standard InChI is InChI=1S/C17H21N3O2/c1-12-6-3-4-7-13(12)15(16-18-9-10-20(16)2)19-17(21)14-8-5-11-22-14/h3-4,6-7,9-10,14-15H,5,8,11H2,1-2H3,(H,19,21). The number of hydrogen-bond donors (Lipinski definition) is 1. The van der Waals surface area contributed by atoms with Crippen LogP contribution in [0.4, 0.5) is 0 Å². The molecule has 2 atom stereocenters. The number of carbonyl (C=O) groups excluding carboxylic acids is 1. The van der Waals surface area contributed by atoms with Gasteiger partial charge < -0.3 is 14.6 Å². The molecule has 0 aliphatic carbocycles. The Bertz CT molecular complexity index is 659. The van der Waals surface area contributed by atoms with E-state index in [1.165, 1.54) is 0 Å². The molecule has 2 aromatic rings. The quantitative estimate of drug-likeness (QED) is 0.941. The first-order valence-corrected chi connectivity index (χ1v) is 7.61. The second-order valence-corrected chi connectivity index (χ2v) is 5.70. The Labute approximate surface area is 130 Å². The highest BCUT2D eigenvalue weighted by Crippen LogP contribution is 2.24. The van der Waals surface area contributed by atoms with Gasteiger partial charge in [-0.1, -0.05) is 24.3 Å². The number of carbonyl (C=O) groups is 1. The molecule has 116 valence electrons. The topological polar surface area (TPSA) is 56.1 Å². The number of ether oxygens (including phenoxy) is 1. The van der Waals surface area contributed by atoms with Gasteiger partial charge in [-0.2, -0.15) is 0 Å². The summed E-state index contributed by atoms with van der Waals surface area (Å²) in [4.78, 5) is 16.9. The predicted molar refractivity (Wildman–Crippen MR) is 83.3 cm³/mol. The second kappa shape index (κ2) is 6.32. The number of hydrogen-bond acceptors (Lipinski definition) is 3. The van der Waals surface area contributed by atoms with E-state index < -0.39 is 0 Å². The highest BCUT2D eigenvalue weighted by atomic mass is 16.5. The van der Waals surface area contributed by atoms with E-state index in [1.54, 1.807) is 6.20 Å². The summed E-state index contributed by atoms with van der Waals surface area (Å²) in [7, 11) is 1.94. The molecule has 2 heterocycles. The Morgan fingerprint density at radius 3 is 2.91 bits per heavy atom. The first-order chi connectivity index (χ1) is 10.7. The van der Waals surface area contributed by atoms with Crippen LogP contribution in [0.5, 0.6) is 0 Å². The molecule has 22 heavy (non-hydrogen) atoms. The minimum Gasteiger partial charge on any atom is -0.368 e. The average Bonchev–Trinajstić information content (AvgIpc) is 3.17. The first kappa shape index (κ1) is 14.8. The van der Waals surface area contributed by atoms with Crippen molar-refractivity contribution >= 4 is 5.91 Å². The summed E-state index contributed by atoms with van der Waals surface area (Å²) in [5, 5.41) is 3.11. The van der Waals surface area contributed by atoms with E-state index in [4.69, 9.17) is 4.74 Å². The van der Waals surface area contributed by atoms with Crippen molar-refractivity contribution in [2.75, 3.05) is 6.61 Å². The van der Waals surface area contributed by atoms with Crippen molar-refractivity contribution in [1.82, 2.24) is 14.9 Å². The number of aryl methyl sites for hydroxylation is 2.